The molecule has 0 atom stereocenters. The molecule has 1 aliphatic rings. The first-order valence-corrected chi connectivity index (χ1v) is 18.3. The number of non-ortho nitro benzene ring substituents is 1. The molecule has 2 aromatic rings. The minimum atomic E-state index is -2.03. The van der Waals surface area contributed by atoms with E-state index in [1.54, 1.807) is 31.7 Å². The highest BCUT2D eigenvalue weighted by atomic mass is 28.4. The van der Waals surface area contributed by atoms with Gasteiger partial charge in [-0.25, -0.2) is 9.59 Å². The number of hydrogen-bond acceptors (Lipinski definition) is 6. The lowest BCUT2D eigenvalue weighted by Gasteiger charge is -2.44. The third-order valence-electron chi connectivity index (χ3n) is 8.03. The number of carboxylic acid groups (broad SMARTS) is 2. The number of hydrogen-bond donors (Lipinski definition) is 2. The van der Waals surface area contributed by atoms with E-state index in [1.807, 2.05) is 0 Å². The predicted octanol–water partition coefficient (Wildman–Crippen LogP) is 5.25. The zero-order valence-corrected chi connectivity index (χ0v) is 28.2. The van der Waals surface area contributed by atoms with Crippen LogP contribution in [0.15, 0.2) is 71.1 Å². The normalized spacial score (nSPS) is 16.0. The Hall–Kier alpha value is -3.55. The van der Waals surface area contributed by atoms with E-state index in [4.69, 9.17) is 4.12 Å². The standard InChI is InChI=1S/C31H42N2O7Si2/c1-9-31(23-11-10-12-24(19-23)33(38)39)26(28(34)35)20(2)32(21(3)27(31)29(36)37)18-17-22-13-15-25(16-14-22)42(7,8)40-41-30(4,5)6/h10-16,19H,9,17-18,41H2,1-8H3,(H,34,35)(H,36,37). The lowest BCUT2D eigenvalue weighted by atomic mass is 9.63. The molecule has 11 heteroatoms. The van der Waals surface area contributed by atoms with Crippen LogP contribution < -0.4 is 5.19 Å². The molecule has 0 spiro atoms. The Labute approximate surface area is 251 Å². The van der Waals surface area contributed by atoms with Gasteiger partial charge in [0.25, 0.3) is 5.69 Å². The first-order valence-electron chi connectivity index (χ1n) is 14.1. The third kappa shape index (κ3) is 6.58. The third-order valence-corrected chi connectivity index (χ3v) is 14.1. The van der Waals surface area contributed by atoms with E-state index in [0.717, 1.165) is 5.56 Å². The quantitative estimate of drug-likeness (QED) is 0.201. The molecule has 0 aliphatic carbocycles. The molecule has 2 aromatic carbocycles. The van der Waals surface area contributed by atoms with Gasteiger partial charge in [0.05, 0.1) is 21.5 Å². The number of carboxylic acids is 2. The fraction of sp³-hybridized carbons (Fsp3) is 0.419. The number of nitrogens with zero attached hydrogens (tertiary/aromatic N) is 2. The Morgan fingerprint density at radius 1 is 1.02 bits per heavy atom. The number of carbonyl (C=O) groups is 2. The topological polar surface area (TPSA) is 130 Å². The highest BCUT2D eigenvalue weighted by Gasteiger charge is 2.51. The summed E-state index contributed by atoms with van der Waals surface area (Å²) in [6.07, 6.45) is 0.658. The van der Waals surface area contributed by atoms with Crippen LogP contribution in [0.5, 0.6) is 0 Å². The van der Waals surface area contributed by atoms with Crippen molar-refractivity contribution in [2.45, 2.75) is 77.9 Å². The Bertz CT molecular complexity index is 1400. The molecule has 0 amide bonds. The molecule has 0 unspecified atom stereocenters. The minimum absolute atomic E-state index is 0.0863. The highest BCUT2D eigenvalue weighted by molar-refractivity contribution is 6.87. The Balaban J connectivity index is 2.01. The summed E-state index contributed by atoms with van der Waals surface area (Å²) in [5, 5.41) is 33.9. The Morgan fingerprint density at radius 2 is 1.57 bits per heavy atom. The van der Waals surface area contributed by atoms with E-state index in [1.165, 1.54) is 23.4 Å². The van der Waals surface area contributed by atoms with Crippen molar-refractivity contribution in [2.24, 2.45) is 0 Å². The number of allylic oxidation sites excluding steroid dienone is 2. The maximum absolute atomic E-state index is 12.8. The Kier molecular flexibility index (Phi) is 9.70. The lowest BCUT2D eigenvalue weighted by Crippen LogP contribution is -2.46. The first-order chi connectivity index (χ1) is 19.5. The van der Waals surface area contributed by atoms with Gasteiger partial charge in [-0.2, -0.15) is 0 Å². The molecular weight excluding hydrogens is 569 g/mol. The Morgan fingerprint density at radius 3 is 2.02 bits per heavy atom. The SMILES string of the molecule is CCC1(c2cccc([N+](=O)[O-])c2)C(C(=O)O)=C(C)N(CCc2ccc([Si](C)(C)O[SiH2]C(C)(C)C)cc2)C(C)=C1C(=O)O. The van der Waals surface area contributed by atoms with E-state index in [0.29, 0.717) is 24.4 Å². The molecule has 42 heavy (non-hydrogen) atoms. The summed E-state index contributed by atoms with van der Waals surface area (Å²) in [4.78, 5) is 38.4. The van der Waals surface area contributed by atoms with Gasteiger partial charge in [0, 0.05) is 30.1 Å². The van der Waals surface area contributed by atoms with Gasteiger partial charge < -0.3 is 19.2 Å². The molecule has 226 valence electrons. The lowest BCUT2D eigenvalue weighted by molar-refractivity contribution is -0.385. The molecular formula is C31H42N2O7Si2. The van der Waals surface area contributed by atoms with Crippen LogP contribution in [0.3, 0.4) is 0 Å². The summed E-state index contributed by atoms with van der Waals surface area (Å²) in [6, 6.07) is 14.0. The van der Waals surface area contributed by atoms with Gasteiger partial charge in [-0.1, -0.05) is 64.1 Å². The van der Waals surface area contributed by atoms with Crippen LogP contribution in [0.4, 0.5) is 5.69 Å². The fourth-order valence-corrected chi connectivity index (χ4v) is 10.6. The van der Waals surface area contributed by atoms with Crippen molar-refractivity contribution in [3.05, 3.63) is 92.3 Å². The number of benzene rings is 2. The molecule has 3 rings (SSSR count). The molecule has 1 aliphatic heterocycles. The van der Waals surface area contributed by atoms with Crippen molar-refractivity contribution in [1.82, 2.24) is 4.90 Å². The van der Waals surface area contributed by atoms with Crippen molar-refractivity contribution in [2.75, 3.05) is 6.54 Å². The maximum atomic E-state index is 12.8. The molecule has 9 nitrogen and oxygen atoms in total. The summed E-state index contributed by atoms with van der Waals surface area (Å²) in [6.45, 7) is 16.5. The summed E-state index contributed by atoms with van der Waals surface area (Å²) in [5.74, 6) is -2.51. The molecule has 0 saturated carbocycles. The predicted molar refractivity (Wildman–Crippen MR) is 169 cm³/mol. The summed E-state index contributed by atoms with van der Waals surface area (Å²) >= 11 is 0. The largest absolute Gasteiger partial charge is 0.478 e. The number of nitro groups is 1. The molecule has 0 fully saturated rings. The van der Waals surface area contributed by atoms with Crippen LogP contribution in [0.1, 0.15) is 59.1 Å². The van der Waals surface area contributed by atoms with E-state index >= 15 is 0 Å². The molecule has 2 N–H and O–H groups in total. The van der Waals surface area contributed by atoms with Crippen LogP contribution in [-0.4, -0.2) is 56.6 Å². The van der Waals surface area contributed by atoms with Gasteiger partial charge in [0.1, 0.15) is 0 Å². The fourth-order valence-electron chi connectivity index (χ4n) is 5.80. The zero-order chi connectivity index (χ0) is 31.6. The van der Waals surface area contributed by atoms with E-state index in [9.17, 15) is 29.9 Å². The molecule has 1 heterocycles. The molecule has 0 saturated heterocycles. The van der Waals surface area contributed by atoms with Crippen molar-refractivity contribution in [3.8, 4) is 0 Å². The van der Waals surface area contributed by atoms with Crippen LogP contribution in [0.2, 0.25) is 18.1 Å². The van der Waals surface area contributed by atoms with Crippen LogP contribution >= 0.6 is 0 Å². The summed E-state index contributed by atoms with van der Waals surface area (Å²) < 4.78 is 6.47. The summed E-state index contributed by atoms with van der Waals surface area (Å²) in [5.41, 5.74) is 0.182. The van der Waals surface area contributed by atoms with Gasteiger partial charge in [-0.3, -0.25) is 10.1 Å². The molecule has 0 aromatic heterocycles. The van der Waals surface area contributed by atoms with Gasteiger partial charge in [0.2, 0.25) is 8.32 Å². The van der Waals surface area contributed by atoms with Crippen LogP contribution in [0, 0.1) is 10.1 Å². The van der Waals surface area contributed by atoms with Gasteiger partial charge in [-0.05, 0) is 61.1 Å². The van der Waals surface area contributed by atoms with E-state index in [-0.39, 0.29) is 33.9 Å². The van der Waals surface area contributed by atoms with E-state index in [2.05, 4.69) is 58.1 Å². The number of rotatable bonds is 11. The smallest absolute Gasteiger partial charge is 0.334 e. The average Bonchev–Trinajstić information content (AvgIpc) is 2.90. The van der Waals surface area contributed by atoms with Crippen molar-refractivity contribution in [3.63, 3.8) is 0 Å². The molecule has 0 radical (unpaired) electrons. The zero-order valence-electron chi connectivity index (χ0n) is 25.8. The maximum Gasteiger partial charge on any atom is 0.334 e. The van der Waals surface area contributed by atoms with Gasteiger partial charge >= 0.3 is 11.9 Å². The second kappa shape index (κ2) is 12.4. The number of nitro benzene ring substituents is 1. The van der Waals surface area contributed by atoms with Crippen molar-refractivity contribution in [1.29, 1.82) is 0 Å². The van der Waals surface area contributed by atoms with Gasteiger partial charge in [-0.15, -0.1) is 0 Å². The monoisotopic (exact) mass is 610 g/mol. The van der Waals surface area contributed by atoms with Crippen molar-refractivity contribution < 1.29 is 28.8 Å². The number of aliphatic carboxylic acids is 2. The second-order valence-electron chi connectivity index (χ2n) is 12.6. The second-order valence-corrected chi connectivity index (χ2v) is 19.7. The molecule has 0 bridgehead atoms. The highest BCUT2D eigenvalue weighted by Crippen LogP contribution is 2.50. The average molecular weight is 611 g/mol. The van der Waals surface area contributed by atoms with Crippen LogP contribution in [0.25, 0.3) is 0 Å². The van der Waals surface area contributed by atoms with Crippen molar-refractivity contribution >= 4 is 40.9 Å². The summed E-state index contributed by atoms with van der Waals surface area (Å²) in [7, 11) is -2.72. The first kappa shape index (κ1) is 33.0. The van der Waals surface area contributed by atoms with Crippen LogP contribution in [-0.2, 0) is 25.5 Å². The van der Waals surface area contributed by atoms with Gasteiger partial charge in [0.15, 0.2) is 9.76 Å². The minimum Gasteiger partial charge on any atom is -0.478 e. The van der Waals surface area contributed by atoms with E-state index < -0.39 is 40.4 Å².